The van der Waals surface area contributed by atoms with E-state index in [2.05, 4.69) is 0 Å². The van der Waals surface area contributed by atoms with Crippen LogP contribution in [0.1, 0.15) is 13.8 Å². The van der Waals surface area contributed by atoms with Gasteiger partial charge >= 0.3 is 5.97 Å². The molecule has 0 amide bonds. The number of hydrogen-bond donors (Lipinski definition) is 7. The van der Waals surface area contributed by atoms with E-state index >= 15 is 0 Å². The van der Waals surface area contributed by atoms with Crippen molar-refractivity contribution >= 4 is 5.97 Å². The van der Waals surface area contributed by atoms with Gasteiger partial charge in [0.15, 0.2) is 18.0 Å². The van der Waals surface area contributed by atoms with Crippen LogP contribution in [0.4, 0.5) is 0 Å². The molecular formula is C14H22O10. The van der Waals surface area contributed by atoms with E-state index in [1.807, 2.05) is 0 Å². The van der Waals surface area contributed by atoms with Crippen molar-refractivity contribution in [1.82, 2.24) is 0 Å². The number of allylic oxidation sites excluding steroid dienone is 1. The van der Waals surface area contributed by atoms with Crippen molar-refractivity contribution in [2.75, 3.05) is 13.2 Å². The second-order valence-corrected chi connectivity index (χ2v) is 5.49. The number of aliphatic hydroxyl groups excluding tert-OH is 7. The molecule has 1 rings (SSSR count). The molecule has 0 unspecified atom stereocenters. The average Bonchev–Trinajstić information content (AvgIpc) is 2.84. The SMILES string of the molecule is CC(C)=C(O)[C@H](O)[C@H]1OC(=O)C(O)=C1OC[C@H](O)[C@H](O)[C@H](O)CO. The molecule has 5 atom stereocenters. The first-order valence-electron chi connectivity index (χ1n) is 7.08. The predicted octanol–water partition coefficient (Wildman–Crippen LogP) is -2.01. The lowest BCUT2D eigenvalue weighted by Gasteiger charge is -2.24. The maximum absolute atomic E-state index is 11.4. The summed E-state index contributed by atoms with van der Waals surface area (Å²) in [6.07, 6.45) is -8.28. The lowest BCUT2D eigenvalue weighted by atomic mass is 10.1. The molecule has 7 N–H and O–H groups in total. The third-order valence-electron chi connectivity index (χ3n) is 3.38. The highest BCUT2D eigenvalue weighted by Crippen LogP contribution is 2.28. The first-order chi connectivity index (χ1) is 11.1. The molecular weight excluding hydrogens is 328 g/mol. The molecule has 0 aromatic heterocycles. The molecule has 10 heteroatoms. The highest BCUT2D eigenvalue weighted by Gasteiger charge is 2.43. The molecule has 0 aromatic carbocycles. The lowest BCUT2D eigenvalue weighted by molar-refractivity contribution is -0.147. The van der Waals surface area contributed by atoms with Crippen LogP contribution in [-0.2, 0) is 14.3 Å². The summed E-state index contributed by atoms with van der Waals surface area (Å²) in [4.78, 5) is 11.4. The summed E-state index contributed by atoms with van der Waals surface area (Å²) >= 11 is 0. The number of rotatable bonds is 8. The van der Waals surface area contributed by atoms with Gasteiger partial charge in [0.25, 0.3) is 0 Å². The van der Waals surface area contributed by atoms with Crippen LogP contribution < -0.4 is 0 Å². The first kappa shape index (κ1) is 20.2. The van der Waals surface area contributed by atoms with E-state index in [0.29, 0.717) is 5.57 Å². The zero-order valence-electron chi connectivity index (χ0n) is 13.2. The van der Waals surface area contributed by atoms with Gasteiger partial charge in [0, 0.05) is 0 Å². The standard InChI is InChI=1S/C14H22O10/c1-5(2)8(18)10(20)13-12(11(21)14(22)24-13)23-4-7(17)9(19)6(16)3-15/h6-7,9-10,13,15-21H,3-4H2,1-2H3/t6-,7+,9-,10+,13-/m1/s1. The number of carbonyl (C=O) groups excluding carboxylic acids is 1. The number of esters is 1. The predicted molar refractivity (Wildman–Crippen MR) is 77.6 cm³/mol. The minimum Gasteiger partial charge on any atom is -0.509 e. The van der Waals surface area contributed by atoms with Gasteiger partial charge in [-0.1, -0.05) is 0 Å². The maximum Gasteiger partial charge on any atom is 0.378 e. The van der Waals surface area contributed by atoms with Crippen LogP contribution in [0.5, 0.6) is 0 Å². The second-order valence-electron chi connectivity index (χ2n) is 5.49. The van der Waals surface area contributed by atoms with E-state index in [0.717, 1.165) is 0 Å². The van der Waals surface area contributed by atoms with Crippen molar-refractivity contribution in [2.45, 2.75) is 44.4 Å². The molecule has 0 aliphatic carbocycles. The van der Waals surface area contributed by atoms with Crippen LogP contribution >= 0.6 is 0 Å². The van der Waals surface area contributed by atoms with Crippen LogP contribution in [0.15, 0.2) is 22.9 Å². The van der Waals surface area contributed by atoms with Crippen LogP contribution in [0, 0.1) is 0 Å². The maximum atomic E-state index is 11.4. The molecule has 0 spiro atoms. The van der Waals surface area contributed by atoms with Crippen molar-refractivity contribution < 1.29 is 50.0 Å². The smallest absolute Gasteiger partial charge is 0.378 e. The highest BCUT2D eigenvalue weighted by molar-refractivity contribution is 5.89. The van der Waals surface area contributed by atoms with Crippen LogP contribution in [0.25, 0.3) is 0 Å². The quantitative estimate of drug-likeness (QED) is 0.191. The minimum atomic E-state index is -1.75. The summed E-state index contributed by atoms with van der Waals surface area (Å²) in [5.41, 5.74) is 0.339. The summed E-state index contributed by atoms with van der Waals surface area (Å²) in [5, 5.41) is 66.5. The first-order valence-corrected chi connectivity index (χ1v) is 7.08. The normalized spacial score (nSPS) is 22.6. The summed E-state index contributed by atoms with van der Waals surface area (Å²) in [5.74, 6) is -3.17. The molecule has 1 heterocycles. The average molecular weight is 350 g/mol. The summed E-state index contributed by atoms with van der Waals surface area (Å²) in [7, 11) is 0. The fourth-order valence-corrected chi connectivity index (χ4v) is 1.90. The van der Waals surface area contributed by atoms with Gasteiger partial charge in [-0.2, -0.15) is 0 Å². The molecule has 24 heavy (non-hydrogen) atoms. The summed E-state index contributed by atoms with van der Waals surface area (Å²) in [6.45, 7) is 1.50. The van der Waals surface area contributed by atoms with Crippen molar-refractivity contribution in [3.05, 3.63) is 22.9 Å². The van der Waals surface area contributed by atoms with Gasteiger partial charge in [-0.3, -0.25) is 0 Å². The lowest BCUT2D eigenvalue weighted by Crippen LogP contribution is -2.42. The largest absolute Gasteiger partial charge is 0.509 e. The Morgan fingerprint density at radius 1 is 1.21 bits per heavy atom. The van der Waals surface area contributed by atoms with Gasteiger partial charge in [0.05, 0.1) is 6.61 Å². The third kappa shape index (κ3) is 4.36. The monoisotopic (exact) mass is 350 g/mol. The van der Waals surface area contributed by atoms with Crippen LogP contribution in [0.3, 0.4) is 0 Å². The number of carbonyl (C=O) groups is 1. The Balaban J connectivity index is 2.86. The molecule has 10 nitrogen and oxygen atoms in total. The van der Waals surface area contributed by atoms with Gasteiger partial charge < -0.3 is 45.2 Å². The number of cyclic esters (lactones) is 1. The molecule has 138 valence electrons. The Morgan fingerprint density at radius 3 is 2.29 bits per heavy atom. The van der Waals surface area contributed by atoms with Gasteiger partial charge in [0.2, 0.25) is 5.76 Å². The summed E-state index contributed by atoms with van der Waals surface area (Å²) < 4.78 is 9.73. The molecule has 1 aliphatic rings. The number of aliphatic hydroxyl groups is 7. The molecule has 0 saturated carbocycles. The Kier molecular flexibility index (Phi) is 6.99. The van der Waals surface area contributed by atoms with Crippen molar-refractivity contribution in [1.29, 1.82) is 0 Å². The Hall–Kier alpha value is -1.85. The van der Waals surface area contributed by atoms with E-state index in [-0.39, 0.29) is 0 Å². The molecule has 1 aliphatic heterocycles. The molecule has 0 radical (unpaired) electrons. The van der Waals surface area contributed by atoms with E-state index in [4.69, 9.17) is 14.6 Å². The zero-order valence-corrected chi connectivity index (χ0v) is 13.2. The Labute approximate surface area is 137 Å². The topological polar surface area (TPSA) is 177 Å². The van der Waals surface area contributed by atoms with Crippen LogP contribution in [0.2, 0.25) is 0 Å². The van der Waals surface area contributed by atoms with Crippen LogP contribution in [-0.4, -0.2) is 85.4 Å². The Morgan fingerprint density at radius 2 is 1.79 bits per heavy atom. The van der Waals surface area contributed by atoms with E-state index in [9.17, 15) is 35.4 Å². The van der Waals surface area contributed by atoms with Crippen molar-refractivity contribution in [2.24, 2.45) is 0 Å². The number of ether oxygens (including phenoxy) is 2. The minimum absolute atomic E-state index is 0.339. The second kappa shape index (κ2) is 8.31. The van der Waals surface area contributed by atoms with Gasteiger partial charge in [0.1, 0.15) is 30.7 Å². The van der Waals surface area contributed by atoms with E-state index in [1.165, 1.54) is 13.8 Å². The zero-order chi connectivity index (χ0) is 18.6. The molecule has 0 bridgehead atoms. The highest BCUT2D eigenvalue weighted by atomic mass is 16.6. The number of hydrogen-bond acceptors (Lipinski definition) is 10. The molecule has 0 fully saturated rings. The van der Waals surface area contributed by atoms with Gasteiger partial charge in [-0.05, 0) is 19.4 Å². The fourth-order valence-electron chi connectivity index (χ4n) is 1.90. The van der Waals surface area contributed by atoms with Crippen molar-refractivity contribution in [3.8, 4) is 0 Å². The van der Waals surface area contributed by atoms with E-state index < -0.39 is 67.0 Å². The van der Waals surface area contributed by atoms with Gasteiger partial charge in [-0.15, -0.1) is 0 Å². The van der Waals surface area contributed by atoms with Crippen molar-refractivity contribution in [3.63, 3.8) is 0 Å². The summed E-state index contributed by atoms with van der Waals surface area (Å²) in [6, 6.07) is 0. The molecule has 0 aromatic rings. The van der Waals surface area contributed by atoms with Gasteiger partial charge in [-0.25, -0.2) is 4.79 Å². The third-order valence-corrected chi connectivity index (χ3v) is 3.38. The Bertz CT molecular complexity index is 522. The molecule has 0 saturated heterocycles. The fraction of sp³-hybridized carbons (Fsp3) is 0.643. The van der Waals surface area contributed by atoms with E-state index in [1.54, 1.807) is 0 Å².